The van der Waals surface area contributed by atoms with Crippen LogP contribution in [-0.4, -0.2) is 9.67 Å². The van der Waals surface area contributed by atoms with Gasteiger partial charge in [-0.1, -0.05) is 0 Å². The van der Waals surface area contributed by atoms with Crippen molar-refractivity contribution in [2.75, 3.05) is 0 Å². The average molecular weight is 140 g/mol. The van der Waals surface area contributed by atoms with Crippen molar-refractivity contribution >= 4 is 0 Å². The number of aryl methyl sites for hydroxylation is 2. The van der Waals surface area contributed by atoms with Crippen LogP contribution in [0.15, 0.2) is 12.3 Å². The predicted molar refractivity (Wildman–Crippen MR) is 39.3 cm³/mol. The number of hydrogen-bond donors (Lipinski definition) is 2. The molecule has 1 rings (SSSR count). The Balaban J connectivity index is 3.03. The molecule has 0 bridgehead atoms. The summed E-state index contributed by atoms with van der Waals surface area (Å²) in [4.78, 5) is 0. The van der Waals surface area contributed by atoms with E-state index in [0.29, 0.717) is 0 Å². The molecular formula is C7H12N2O. The molecule has 0 aromatic carbocycles. The molecule has 10 heavy (non-hydrogen) atoms. The van der Waals surface area contributed by atoms with Crippen LogP contribution in [0.1, 0.15) is 17.5 Å². The lowest BCUT2D eigenvalue weighted by Gasteiger charge is -2.04. The van der Waals surface area contributed by atoms with Crippen molar-refractivity contribution in [3.8, 4) is 0 Å². The largest absolute Gasteiger partial charge is 0.373 e. The summed E-state index contributed by atoms with van der Waals surface area (Å²) in [7, 11) is 1.86. The average Bonchev–Trinajstić information content (AvgIpc) is 2.10. The lowest BCUT2D eigenvalue weighted by atomic mass is 10.3. The first kappa shape index (κ1) is 7.31. The maximum absolute atomic E-state index is 8.97. The first-order chi connectivity index (χ1) is 4.61. The molecule has 3 nitrogen and oxygen atoms in total. The number of aliphatic hydroxyl groups is 1. The van der Waals surface area contributed by atoms with Gasteiger partial charge in [-0.25, -0.2) is 0 Å². The van der Waals surface area contributed by atoms with Crippen LogP contribution in [0.2, 0.25) is 0 Å². The second-order valence-corrected chi connectivity index (χ2v) is 2.50. The minimum atomic E-state index is -0.862. The molecular weight excluding hydrogens is 128 g/mol. The fraction of sp³-hybridized carbons (Fsp3) is 0.429. The van der Waals surface area contributed by atoms with Crippen molar-refractivity contribution in [3.05, 3.63) is 23.5 Å². The summed E-state index contributed by atoms with van der Waals surface area (Å²) in [6, 6.07) is 1.87. The molecule has 1 aromatic heterocycles. The van der Waals surface area contributed by atoms with Gasteiger partial charge in [-0.05, 0) is 18.6 Å². The van der Waals surface area contributed by atoms with Crippen molar-refractivity contribution in [1.82, 2.24) is 4.57 Å². The van der Waals surface area contributed by atoms with Gasteiger partial charge in [0, 0.05) is 13.2 Å². The molecule has 3 N–H and O–H groups in total. The predicted octanol–water partition coefficient (Wildman–Crippen LogP) is 0.283. The van der Waals surface area contributed by atoms with E-state index in [1.165, 1.54) is 0 Å². The zero-order valence-corrected chi connectivity index (χ0v) is 6.20. The molecule has 0 aliphatic rings. The minimum absolute atomic E-state index is 0.748. The van der Waals surface area contributed by atoms with Gasteiger partial charge < -0.3 is 15.4 Å². The summed E-state index contributed by atoms with van der Waals surface area (Å²) < 4.78 is 1.82. The molecule has 0 amide bonds. The van der Waals surface area contributed by atoms with Crippen LogP contribution in [0.3, 0.4) is 0 Å². The van der Waals surface area contributed by atoms with E-state index in [2.05, 4.69) is 0 Å². The first-order valence-electron chi connectivity index (χ1n) is 3.18. The Bertz CT molecular complexity index is 228. The summed E-state index contributed by atoms with van der Waals surface area (Å²) in [5, 5.41) is 8.97. The van der Waals surface area contributed by atoms with E-state index in [1.807, 2.05) is 30.8 Å². The van der Waals surface area contributed by atoms with E-state index in [4.69, 9.17) is 10.8 Å². The normalized spacial score (nSPS) is 13.6. The Morgan fingerprint density at radius 3 is 2.50 bits per heavy atom. The van der Waals surface area contributed by atoms with Crippen LogP contribution in [0, 0.1) is 6.92 Å². The molecule has 0 radical (unpaired) electrons. The third kappa shape index (κ3) is 1.20. The highest BCUT2D eigenvalue weighted by Gasteiger charge is 2.04. The van der Waals surface area contributed by atoms with E-state index in [9.17, 15) is 0 Å². The van der Waals surface area contributed by atoms with Crippen LogP contribution < -0.4 is 5.73 Å². The van der Waals surface area contributed by atoms with Gasteiger partial charge in [0.05, 0.1) is 5.69 Å². The molecule has 0 aliphatic heterocycles. The monoisotopic (exact) mass is 140 g/mol. The van der Waals surface area contributed by atoms with Crippen molar-refractivity contribution in [2.24, 2.45) is 12.8 Å². The van der Waals surface area contributed by atoms with E-state index in [0.717, 1.165) is 11.3 Å². The van der Waals surface area contributed by atoms with E-state index in [1.54, 1.807) is 0 Å². The summed E-state index contributed by atoms with van der Waals surface area (Å²) in [6.07, 6.45) is 1.06. The van der Waals surface area contributed by atoms with Gasteiger partial charge in [-0.3, -0.25) is 0 Å². The Morgan fingerprint density at radius 2 is 2.30 bits per heavy atom. The van der Waals surface area contributed by atoms with Crippen LogP contribution >= 0.6 is 0 Å². The van der Waals surface area contributed by atoms with Gasteiger partial charge in [-0.2, -0.15) is 0 Å². The van der Waals surface area contributed by atoms with E-state index in [-0.39, 0.29) is 0 Å². The molecule has 0 spiro atoms. The molecule has 1 aromatic rings. The first-order valence-corrected chi connectivity index (χ1v) is 3.18. The van der Waals surface area contributed by atoms with Gasteiger partial charge in [0.25, 0.3) is 0 Å². The Labute approximate surface area is 60.1 Å². The summed E-state index contributed by atoms with van der Waals surface area (Å²) in [6.45, 7) is 1.96. The molecule has 1 atom stereocenters. The van der Waals surface area contributed by atoms with Gasteiger partial charge in [-0.15, -0.1) is 0 Å². The summed E-state index contributed by atoms with van der Waals surface area (Å²) in [5.41, 5.74) is 7.12. The number of nitrogens with zero attached hydrogens (tertiary/aromatic N) is 1. The Hall–Kier alpha value is -0.800. The minimum Gasteiger partial charge on any atom is -0.373 e. The summed E-state index contributed by atoms with van der Waals surface area (Å²) >= 11 is 0. The van der Waals surface area contributed by atoms with Gasteiger partial charge >= 0.3 is 0 Å². The molecule has 56 valence electrons. The zero-order chi connectivity index (χ0) is 7.72. The number of nitrogens with two attached hydrogens (primary N) is 1. The SMILES string of the molecule is Cc1cc(C(N)O)n(C)c1. The molecule has 0 fully saturated rings. The van der Waals surface area contributed by atoms with Crippen LogP contribution in [-0.2, 0) is 7.05 Å². The maximum Gasteiger partial charge on any atom is 0.143 e. The van der Waals surface area contributed by atoms with Gasteiger partial charge in [0.15, 0.2) is 0 Å². The lowest BCUT2D eigenvalue weighted by molar-refractivity contribution is 0.178. The third-order valence-electron chi connectivity index (χ3n) is 1.48. The second-order valence-electron chi connectivity index (χ2n) is 2.50. The number of rotatable bonds is 1. The van der Waals surface area contributed by atoms with Crippen LogP contribution in [0.5, 0.6) is 0 Å². The highest BCUT2D eigenvalue weighted by molar-refractivity contribution is 5.17. The fourth-order valence-corrected chi connectivity index (χ4v) is 1.05. The highest BCUT2D eigenvalue weighted by Crippen LogP contribution is 2.10. The highest BCUT2D eigenvalue weighted by atomic mass is 16.3. The van der Waals surface area contributed by atoms with Crippen molar-refractivity contribution in [2.45, 2.75) is 13.2 Å². The van der Waals surface area contributed by atoms with Crippen molar-refractivity contribution in [3.63, 3.8) is 0 Å². The quantitative estimate of drug-likeness (QED) is 0.550. The maximum atomic E-state index is 8.97. The van der Waals surface area contributed by atoms with Crippen LogP contribution in [0.4, 0.5) is 0 Å². The lowest BCUT2D eigenvalue weighted by Crippen LogP contribution is -2.12. The Kier molecular flexibility index (Phi) is 1.78. The van der Waals surface area contributed by atoms with Gasteiger partial charge in [0.2, 0.25) is 0 Å². The molecule has 0 aliphatic carbocycles. The molecule has 1 unspecified atom stereocenters. The van der Waals surface area contributed by atoms with Crippen molar-refractivity contribution in [1.29, 1.82) is 0 Å². The summed E-state index contributed by atoms with van der Waals surface area (Å²) in [5.74, 6) is 0. The zero-order valence-electron chi connectivity index (χ0n) is 6.20. The van der Waals surface area contributed by atoms with Crippen molar-refractivity contribution < 1.29 is 5.11 Å². The van der Waals surface area contributed by atoms with Gasteiger partial charge in [0.1, 0.15) is 6.23 Å². The molecule has 0 saturated heterocycles. The molecule has 1 heterocycles. The van der Waals surface area contributed by atoms with Crippen LogP contribution in [0.25, 0.3) is 0 Å². The number of hydrogen-bond acceptors (Lipinski definition) is 2. The number of aromatic nitrogens is 1. The smallest absolute Gasteiger partial charge is 0.143 e. The van der Waals surface area contributed by atoms with E-state index < -0.39 is 6.23 Å². The molecule has 3 heteroatoms. The molecule has 0 saturated carbocycles. The number of aliphatic hydroxyl groups excluding tert-OH is 1. The Morgan fingerprint density at radius 1 is 1.70 bits per heavy atom. The third-order valence-corrected chi connectivity index (χ3v) is 1.48. The standard InChI is InChI=1S/C7H12N2O/c1-5-3-6(7(8)10)9(2)4-5/h3-4,7,10H,8H2,1-2H3. The van der Waals surface area contributed by atoms with E-state index >= 15 is 0 Å². The fourth-order valence-electron chi connectivity index (χ4n) is 1.05. The second kappa shape index (κ2) is 2.44. The topological polar surface area (TPSA) is 51.2 Å².